The van der Waals surface area contributed by atoms with Crippen LogP contribution >= 0.6 is 11.8 Å². The van der Waals surface area contributed by atoms with Gasteiger partial charge in [0.1, 0.15) is 5.82 Å². The summed E-state index contributed by atoms with van der Waals surface area (Å²) in [5.74, 6) is 1.80. The van der Waals surface area contributed by atoms with E-state index in [1.54, 1.807) is 11.9 Å². The topological polar surface area (TPSA) is 86.5 Å². The quantitative estimate of drug-likeness (QED) is 0.436. The number of H-pyrrole nitrogens is 1. The SMILES string of the molecule is CCc1c(N(C)C(=O)OCCCCC[C@@H]2SC[C@@H]3NC(=O)N[C@@H]32)[nH]c2ccccc12. The van der Waals surface area contributed by atoms with E-state index < -0.39 is 0 Å². The van der Waals surface area contributed by atoms with Crippen LogP contribution in [0.4, 0.5) is 15.4 Å². The number of para-hydroxylation sites is 1. The highest BCUT2D eigenvalue weighted by Crippen LogP contribution is 2.33. The maximum Gasteiger partial charge on any atom is 0.415 e. The molecular formula is C22H30N4O3S. The number of benzene rings is 1. The molecule has 2 fully saturated rings. The van der Waals surface area contributed by atoms with Crippen molar-refractivity contribution in [2.45, 2.75) is 56.4 Å². The first kappa shape index (κ1) is 20.9. The molecule has 7 nitrogen and oxygen atoms in total. The highest BCUT2D eigenvalue weighted by molar-refractivity contribution is 8.00. The van der Waals surface area contributed by atoms with Gasteiger partial charge in [-0.25, -0.2) is 9.59 Å². The highest BCUT2D eigenvalue weighted by Gasteiger charge is 2.42. The van der Waals surface area contributed by atoms with Crippen LogP contribution in [0.15, 0.2) is 24.3 Å². The number of rotatable bonds is 8. The first-order chi connectivity index (χ1) is 14.6. The van der Waals surface area contributed by atoms with Crippen LogP contribution in [0.1, 0.15) is 38.2 Å². The maximum atomic E-state index is 12.5. The van der Waals surface area contributed by atoms with Gasteiger partial charge in [0.2, 0.25) is 0 Å². The molecule has 1 aromatic carbocycles. The Morgan fingerprint density at radius 2 is 2.07 bits per heavy atom. The number of carbonyl (C=O) groups is 2. The number of ether oxygens (including phenoxy) is 1. The van der Waals surface area contributed by atoms with E-state index in [1.807, 2.05) is 30.0 Å². The number of carbonyl (C=O) groups excluding carboxylic acids is 2. The molecule has 0 spiro atoms. The molecule has 0 saturated carbocycles. The van der Waals surface area contributed by atoms with Gasteiger partial charge in [-0.1, -0.05) is 38.0 Å². The van der Waals surface area contributed by atoms with Crippen LogP contribution in [0.5, 0.6) is 0 Å². The summed E-state index contributed by atoms with van der Waals surface area (Å²) in [4.78, 5) is 28.9. The van der Waals surface area contributed by atoms with Gasteiger partial charge in [-0.2, -0.15) is 11.8 Å². The lowest BCUT2D eigenvalue weighted by Gasteiger charge is -2.18. The van der Waals surface area contributed by atoms with E-state index in [0.717, 1.165) is 60.1 Å². The molecule has 1 aromatic heterocycles. The lowest BCUT2D eigenvalue weighted by Crippen LogP contribution is -2.36. The van der Waals surface area contributed by atoms with Crippen molar-refractivity contribution in [1.82, 2.24) is 15.6 Å². The predicted molar refractivity (Wildman–Crippen MR) is 121 cm³/mol. The average molecular weight is 431 g/mol. The summed E-state index contributed by atoms with van der Waals surface area (Å²) in [5.41, 5.74) is 2.16. The van der Waals surface area contributed by atoms with E-state index in [-0.39, 0.29) is 24.2 Å². The average Bonchev–Trinajstić information content (AvgIpc) is 3.41. The minimum atomic E-state index is -0.329. The first-order valence-electron chi connectivity index (χ1n) is 10.8. The van der Waals surface area contributed by atoms with Gasteiger partial charge in [-0.05, 0) is 25.3 Å². The molecule has 2 aliphatic rings. The second-order valence-electron chi connectivity index (χ2n) is 8.00. The summed E-state index contributed by atoms with van der Waals surface area (Å²) < 4.78 is 5.50. The number of unbranched alkanes of at least 4 members (excludes halogenated alkanes) is 2. The Morgan fingerprint density at radius 3 is 2.90 bits per heavy atom. The number of aryl methyl sites for hydroxylation is 1. The second-order valence-corrected chi connectivity index (χ2v) is 9.27. The second kappa shape index (κ2) is 9.20. The van der Waals surface area contributed by atoms with Crippen molar-refractivity contribution < 1.29 is 14.3 Å². The number of fused-ring (bicyclic) bond motifs is 2. The fourth-order valence-electron chi connectivity index (χ4n) is 4.44. The van der Waals surface area contributed by atoms with E-state index in [0.29, 0.717) is 11.9 Å². The number of hydrogen-bond donors (Lipinski definition) is 3. The summed E-state index contributed by atoms with van der Waals surface area (Å²) >= 11 is 1.94. The molecule has 3 atom stereocenters. The number of aromatic nitrogens is 1. The molecular weight excluding hydrogens is 400 g/mol. The Labute approximate surface area is 181 Å². The van der Waals surface area contributed by atoms with Gasteiger partial charge < -0.3 is 20.4 Å². The number of amides is 3. The Bertz CT molecular complexity index is 915. The molecule has 0 bridgehead atoms. The normalized spacial score (nSPS) is 22.6. The largest absolute Gasteiger partial charge is 0.449 e. The molecule has 2 saturated heterocycles. The fourth-order valence-corrected chi connectivity index (χ4v) is 5.99. The Morgan fingerprint density at radius 1 is 1.23 bits per heavy atom. The predicted octanol–water partition coefficient (Wildman–Crippen LogP) is 4.03. The van der Waals surface area contributed by atoms with Crippen molar-refractivity contribution in [2.75, 3.05) is 24.3 Å². The zero-order valence-electron chi connectivity index (χ0n) is 17.6. The molecule has 3 amide bonds. The lowest BCUT2D eigenvalue weighted by atomic mass is 10.0. The lowest BCUT2D eigenvalue weighted by molar-refractivity contribution is 0.152. The van der Waals surface area contributed by atoms with Crippen molar-refractivity contribution in [1.29, 1.82) is 0 Å². The summed E-state index contributed by atoms with van der Waals surface area (Å²) in [6, 6.07) is 8.60. The molecule has 2 aliphatic heterocycles. The van der Waals surface area contributed by atoms with Gasteiger partial charge in [0.15, 0.2) is 0 Å². The molecule has 8 heteroatoms. The molecule has 4 rings (SSSR count). The van der Waals surface area contributed by atoms with E-state index in [9.17, 15) is 9.59 Å². The van der Waals surface area contributed by atoms with Gasteiger partial charge in [0, 0.05) is 34.5 Å². The minimum absolute atomic E-state index is 0.0347. The third-order valence-electron chi connectivity index (χ3n) is 6.05. The number of aromatic amines is 1. The van der Waals surface area contributed by atoms with Crippen LogP contribution < -0.4 is 15.5 Å². The summed E-state index contributed by atoms with van der Waals surface area (Å²) in [5, 5.41) is 7.64. The van der Waals surface area contributed by atoms with Crippen LogP contribution in [0.2, 0.25) is 0 Å². The fraction of sp³-hybridized carbons (Fsp3) is 0.545. The van der Waals surface area contributed by atoms with Crippen LogP contribution in [0, 0.1) is 0 Å². The van der Waals surface area contributed by atoms with Crippen LogP contribution in [-0.2, 0) is 11.2 Å². The molecule has 2 aromatic rings. The van der Waals surface area contributed by atoms with Crippen molar-refractivity contribution in [3.05, 3.63) is 29.8 Å². The molecule has 0 aliphatic carbocycles. The smallest absolute Gasteiger partial charge is 0.415 e. The van der Waals surface area contributed by atoms with Crippen LogP contribution in [0.25, 0.3) is 10.9 Å². The first-order valence-corrected chi connectivity index (χ1v) is 11.8. The molecule has 0 radical (unpaired) electrons. The van der Waals surface area contributed by atoms with Gasteiger partial charge in [0.25, 0.3) is 0 Å². The van der Waals surface area contributed by atoms with Crippen molar-refractivity contribution in [3.8, 4) is 0 Å². The third-order valence-corrected chi connectivity index (χ3v) is 7.56. The third kappa shape index (κ3) is 4.24. The van der Waals surface area contributed by atoms with Crippen molar-refractivity contribution >= 4 is 40.6 Å². The minimum Gasteiger partial charge on any atom is -0.449 e. The van der Waals surface area contributed by atoms with Crippen molar-refractivity contribution in [3.63, 3.8) is 0 Å². The Kier molecular flexibility index (Phi) is 6.41. The van der Waals surface area contributed by atoms with Crippen molar-refractivity contribution in [2.24, 2.45) is 0 Å². The zero-order valence-corrected chi connectivity index (χ0v) is 18.4. The highest BCUT2D eigenvalue weighted by atomic mass is 32.2. The van der Waals surface area contributed by atoms with Crippen LogP contribution in [-0.4, -0.2) is 53.8 Å². The Balaban J connectivity index is 1.19. The van der Waals surface area contributed by atoms with Gasteiger partial charge in [-0.15, -0.1) is 0 Å². The summed E-state index contributed by atoms with van der Waals surface area (Å²) in [6.45, 7) is 2.52. The van der Waals surface area contributed by atoms with Crippen LogP contribution in [0.3, 0.4) is 0 Å². The Hall–Kier alpha value is -2.35. The number of nitrogens with zero attached hydrogens (tertiary/aromatic N) is 1. The maximum absolute atomic E-state index is 12.5. The number of urea groups is 1. The molecule has 3 N–H and O–H groups in total. The number of thioether (sulfide) groups is 1. The van der Waals surface area contributed by atoms with Gasteiger partial charge in [0.05, 0.1) is 18.7 Å². The van der Waals surface area contributed by atoms with Gasteiger partial charge in [-0.3, -0.25) is 4.90 Å². The van der Waals surface area contributed by atoms with E-state index in [2.05, 4.69) is 28.6 Å². The zero-order chi connectivity index (χ0) is 21.1. The van der Waals surface area contributed by atoms with Gasteiger partial charge >= 0.3 is 12.1 Å². The number of anilines is 1. The molecule has 30 heavy (non-hydrogen) atoms. The summed E-state index contributed by atoms with van der Waals surface area (Å²) in [7, 11) is 1.75. The standard InChI is InChI=1S/C22H30N4O3S/c1-3-14-15-9-6-7-10-16(15)23-20(14)26(2)22(28)29-12-8-4-5-11-18-19-17(13-30-18)24-21(27)25-19/h6-7,9-10,17-19,23H,3-5,8,11-13H2,1-2H3,(H2,24,25,27)/t17-,18-,19-/m0/s1. The molecule has 0 unspecified atom stereocenters. The number of nitrogens with one attached hydrogen (secondary N) is 3. The monoisotopic (exact) mass is 430 g/mol. The number of hydrogen-bond acceptors (Lipinski definition) is 4. The summed E-state index contributed by atoms with van der Waals surface area (Å²) in [6.07, 6.45) is 4.53. The van der Waals surface area contributed by atoms with E-state index in [4.69, 9.17) is 4.74 Å². The molecule has 3 heterocycles. The van der Waals surface area contributed by atoms with E-state index >= 15 is 0 Å². The molecule has 162 valence electrons. The van der Waals surface area contributed by atoms with E-state index in [1.165, 1.54) is 0 Å².